The van der Waals surface area contributed by atoms with E-state index in [0.29, 0.717) is 0 Å². The molecule has 0 saturated heterocycles. The molecule has 0 spiro atoms. The lowest BCUT2D eigenvalue weighted by atomic mass is 10.1. The Kier molecular flexibility index (Phi) is 2.46. The van der Waals surface area contributed by atoms with Gasteiger partial charge in [-0.2, -0.15) is 0 Å². The van der Waals surface area contributed by atoms with Crippen molar-refractivity contribution >= 4 is 22.9 Å². The maximum Gasteiger partial charge on any atom is 0.241 e. The Labute approximate surface area is 87.2 Å². The smallest absolute Gasteiger partial charge is 0.241 e. The third-order valence-corrected chi connectivity index (χ3v) is 2.05. The van der Waals surface area contributed by atoms with E-state index in [1.807, 2.05) is 30.3 Å². The van der Waals surface area contributed by atoms with E-state index in [0.717, 1.165) is 16.5 Å². The van der Waals surface area contributed by atoms with Crippen LogP contribution in [0.2, 0.25) is 0 Å². The molecule has 3 nitrogen and oxygen atoms in total. The first kappa shape index (κ1) is 9.40. The SMILES string of the molecule is NC(=O)C=Cc1cnc2ccccc2c1. The maximum absolute atomic E-state index is 10.6. The molecule has 1 heterocycles. The molecule has 0 aliphatic carbocycles. The molecule has 1 aromatic carbocycles. The van der Waals surface area contributed by atoms with E-state index >= 15 is 0 Å². The summed E-state index contributed by atoms with van der Waals surface area (Å²) in [5.74, 6) is -0.455. The van der Waals surface area contributed by atoms with E-state index in [1.54, 1.807) is 12.3 Å². The zero-order chi connectivity index (χ0) is 10.7. The highest BCUT2D eigenvalue weighted by molar-refractivity contribution is 5.91. The molecule has 1 amide bonds. The van der Waals surface area contributed by atoms with Gasteiger partial charge in [-0.25, -0.2) is 0 Å². The van der Waals surface area contributed by atoms with Crippen molar-refractivity contribution in [3.63, 3.8) is 0 Å². The van der Waals surface area contributed by atoms with Crippen LogP contribution < -0.4 is 5.73 Å². The van der Waals surface area contributed by atoms with Crippen molar-refractivity contribution in [2.75, 3.05) is 0 Å². The van der Waals surface area contributed by atoms with Gasteiger partial charge in [-0.1, -0.05) is 18.2 Å². The molecule has 0 bridgehead atoms. The number of rotatable bonds is 2. The van der Waals surface area contributed by atoms with E-state index in [9.17, 15) is 4.79 Å². The third-order valence-electron chi connectivity index (χ3n) is 2.05. The molecule has 15 heavy (non-hydrogen) atoms. The van der Waals surface area contributed by atoms with Crippen LogP contribution in [0.25, 0.3) is 17.0 Å². The van der Waals surface area contributed by atoms with Crippen molar-refractivity contribution in [1.82, 2.24) is 4.98 Å². The predicted molar refractivity (Wildman–Crippen MR) is 60.0 cm³/mol. The summed E-state index contributed by atoms with van der Waals surface area (Å²) in [5.41, 5.74) is 6.81. The van der Waals surface area contributed by atoms with Crippen LogP contribution in [0, 0.1) is 0 Å². The van der Waals surface area contributed by atoms with Crippen molar-refractivity contribution < 1.29 is 4.79 Å². The number of pyridine rings is 1. The fraction of sp³-hybridized carbons (Fsp3) is 0. The molecule has 0 atom stereocenters. The predicted octanol–water partition coefficient (Wildman–Crippen LogP) is 1.73. The Hall–Kier alpha value is -2.16. The van der Waals surface area contributed by atoms with Crippen LogP contribution in [-0.2, 0) is 4.79 Å². The average molecular weight is 198 g/mol. The van der Waals surface area contributed by atoms with Gasteiger partial charge < -0.3 is 5.73 Å². The molecule has 2 aromatic rings. The Balaban J connectivity index is 2.43. The molecular formula is C12H10N2O. The molecule has 74 valence electrons. The topological polar surface area (TPSA) is 56.0 Å². The first-order valence-corrected chi connectivity index (χ1v) is 4.58. The van der Waals surface area contributed by atoms with Crippen molar-refractivity contribution in [1.29, 1.82) is 0 Å². The lowest BCUT2D eigenvalue weighted by Gasteiger charge is -1.97. The van der Waals surface area contributed by atoms with E-state index in [2.05, 4.69) is 4.98 Å². The molecule has 0 saturated carbocycles. The van der Waals surface area contributed by atoms with Crippen LogP contribution in [0.15, 0.2) is 42.6 Å². The minimum absolute atomic E-state index is 0.455. The van der Waals surface area contributed by atoms with Gasteiger partial charge in [0.25, 0.3) is 0 Å². The Morgan fingerprint density at radius 1 is 1.33 bits per heavy atom. The fourth-order valence-corrected chi connectivity index (χ4v) is 1.36. The van der Waals surface area contributed by atoms with Crippen LogP contribution >= 0.6 is 0 Å². The molecule has 0 radical (unpaired) electrons. The van der Waals surface area contributed by atoms with E-state index < -0.39 is 5.91 Å². The molecule has 1 aromatic heterocycles. The highest BCUT2D eigenvalue weighted by Gasteiger charge is 1.94. The summed E-state index contributed by atoms with van der Waals surface area (Å²) < 4.78 is 0. The summed E-state index contributed by atoms with van der Waals surface area (Å²) >= 11 is 0. The number of hydrogen-bond acceptors (Lipinski definition) is 2. The number of amides is 1. The first-order valence-electron chi connectivity index (χ1n) is 4.58. The lowest BCUT2D eigenvalue weighted by Crippen LogP contribution is -2.05. The van der Waals surface area contributed by atoms with E-state index in [-0.39, 0.29) is 0 Å². The van der Waals surface area contributed by atoms with Gasteiger partial charge in [-0.05, 0) is 23.8 Å². The number of para-hydroxylation sites is 1. The minimum atomic E-state index is -0.455. The number of nitrogens with two attached hydrogens (primary N) is 1. The summed E-state index contributed by atoms with van der Waals surface area (Å²) in [5, 5.41) is 1.05. The van der Waals surface area contributed by atoms with Gasteiger partial charge in [-0.3, -0.25) is 9.78 Å². The number of primary amides is 1. The maximum atomic E-state index is 10.6. The van der Waals surface area contributed by atoms with Crippen LogP contribution in [0.3, 0.4) is 0 Å². The van der Waals surface area contributed by atoms with Crippen LogP contribution in [-0.4, -0.2) is 10.9 Å². The largest absolute Gasteiger partial charge is 0.366 e. The standard InChI is InChI=1S/C12H10N2O/c13-12(15)6-5-9-7-10-3-1-2-4-11(10)14-8-9/h1-8H,(H2,13,15). The van der Waals surface area contributed by atoms with Crippen LogP contribution in [0.1, 0.15) is 5.56 Å². The molecule has 0 aliphatic heterocycles. The van der Waals surface area contributed by atoms with Gasteiger partial charge >= 0.3 is 0 Å². The first-order chi connectivity index (χ1) is 7.25. The lowest BCUT2D eigenvalue weighted by molar-refractivity contribution is -0.113. The molecule has 2 rings (SSSR count). The van der Waals surface area contributed by atoms with Gasteiger partial charge in [0, 0.05) is 17.7 Å². The number of hydrogen-bond donors (Lipinski definition) is 1. The minimum Gasteiger partial charge on any atom is -0.366 e. The van der Waals surface area contributed by atoms with Crippen molar-refractivity contribution in [2.45, 2.75) is 0 Å². The van der Waals surface area contributed by atoms with Gasteiger partial charge in [0.2, 0.25) is 5.91 Å². The highest BCUT2D eigenvalue weighted by Crippen LogP contribution is 2.13. The number of aromatic nitrogens is 1. The summed E-state index contributed by atoms with van der Waals surface area (Å²) in [6.45, 7) is 0. The summed E-state index contributed by atoms with van der Waals surface area (Å²) in [4.78, 5) is 14.8. The molecule has 2 N–H and O–H groups in total. The summed E-state index contributed by atoms with van der Waals surface area (Å²) in [6.07, 6.45) is 4.69. The van der Waals surface area contributed by atoms with Crippen molar-refractivity contribution in [3.05, 3.63) is 48.2 Å². The van der Waals surface area contributed by atoms with Crippen LogP contribution in [0.4, 0.5) is 0 Å². The number of benzene rings is 1. The molecule has 0 aliphatic rings. The fourth-order valence-electron chi connectivity index (χ4n) is 1.36. The second-order valence-electron chi connectivity index (χ2n) is 3.20. The zero-order valence-corrected chi connectivity index (χ0v) is 8.05. The number of fused-ring (bicyclic) bond motifs is 1. The van der Waals surface area contributed by atoms with Gasteiger partial charge in [0.05, 0.1) is 5.52 Å². The highest BCUT2D eigenvalue weighted by atomic mass is 16.1. The van der Waals surface area contributed by atoms with Crippen molar-refractivity contribution in [3.8, 4) is 0 Å². The molecule has 0 unspecified atom stereocenters. The van der Waals surface area contributed by atoms with Crippen LogP contribution in [0.5, 0.6) is 0 Å². The Morgan fingerprint density at radius 3 is 2.93 bits per heavy atom. The second kappa shape index (κ2) is 3.92. The summed E-state index contributed by atoms with van der Waals surface area (Å²) in [6, 6.07) is 9.77. The zero-order valence-electron chi connectivity index (χ0n) is 8.05. The van der Waals surface area contributed by atoms with Gasteiger partial charge in [0.1, 0.15) is 0 Å². The Morgan fingerprint density at radius 2 is 2.13 bits per heavy atom. The second-order valence-corrected chi connectivity index (χ2v) is 3.20. The van der Waals surface area contributed by atoms with E-state index in [1.165, 1.54) is 6.08 Å². The van der Waals surface area contributed by atoms with Gasteiger partial charge in [0.15, 0.2) is 0 Å². The normalized spacial score (nSPS) is 10.9. The van der Waals surface area contributed by atoms with Crippen molar-refractivity contribution in [2.24, 2.45) is 5.73 Å². The quantitative estimate of drug-likeness (QED) is 0.747. The monoisotopic (exact) mass is 198 g/mol. The van der Waals surface area contributed by atoms with Gasteiger partial charge in [-0.15, -0.1) is 0 Å². The number of carbonyl (C=O) groups excluding carboxylic acids is 1. The Bertz CT molecular complexity index is 532. The number of carbonyl (C=O) groups is 1. The molecule has 0 fully saturated rings. The third kappa shape index (κ3) is 2.20. The molecule has 3 heteroatoms. The number of nitrogens with zero attached hydrogens (tertiary/aromatic N) is 1. The average Bonchev–Trinajstić information content (AvgIpc) is 2.26. The van der Waals surface area contributed by atoms with E-state index in [4.69, 9.17) is 5.73 Å². The molecular weight excluding hydrogens is 188 g/mol. The summed E-state index contributed by atoms with van der Waals surface area (Å²) in [7, 11) is 0.